The van der Waals surface area contributed by atoms with Crippen LogP contribution >= 0.6 is 0 Å². The Morgan fingerprint density at radius 1 is 1.17 bits per heavy atom. The Morgan fingerprint density at radius 3 is 2.52 bits per heavy atom. The van der Waals surface area contributed by atoms with Crippen molar-refractivity contribution in [2.75, 3.05) is 5.32 Å². The Hall–Kier alpha value is -3.26. The van der Waals surface area contributed by atoms with E-state index in [9.17, 15) is 10.1 Å². The number of para-hydroxylation sites is 1. The molecule has 0 aliphatic rings. The lowest BCUT2D eigenvalue weighted by atomic mass is 10.1. The van der Waals surface area contributed by atoms with Crippen LogP contribution in [0.5, 0.6) is 0 Å². The minimum absolute atomic E-state index is 0.227. The number of hydrogen-bond acceptors (Lipinski definition) is 3. The van der Waals surface area contributed by atoms with Crippen molar-refractivity contribution in [3.05, 3.63) is 71.2 Å². The monoisotopic (exact) mass is 305 g/mol. The van der Waals surface area contributed by atoms with Crippen molar-refractivity contribution in [2.24, 2.45) is 0 Å². The summed E-state index contributed by atoms with van der Waals surface area (Å²) < 4.78 is 7.33. The van der Waals surface area contributed by atoms with E-state index in [1.54, 1.807) is 23.9 Å². The maximum Gasteiger partial charge on any atom is 0.260 e. The minimum Gasteiger partial charge on any atom is -0.443 e. The van der Waals surface area contributed by atoms with Crippen molar-refractivity contribution in [1.82, 2.24) is 4.57 Å². The van der Waals surface area contributed by atoms with Crippen LogP contribution in [0, 0.1) is 25.2 Å². The van der Waals surface area contributed by atoms with Crippen molar-refractivity contribution in [2.45, 2.75) is 13.8 Å². The number of nitrogens with zero attached hydrogens (tertiary/aromatic N) is 2. The highest BCUT2D eigenvalue weighted by Gasteiger charge is 2.24. The van der Waals surface area contributed by atoms with Gasteiger partial charge in [-0.15, -0.1) is 0 Å². The van der Waals surface area contributed by atoms with Crippen LogP contribution in [-0.2, 0) is 0 Å². The van der Waals surface area contributed by atoms with Crippen LogP contribution in [0.15, 0.2) is 53.2 Å². The fourth-order valence-electron chi connectivity index (χ4n) is 2.46. The van der Waals surface area contributed by atoms with Gasteiger partial charge in [0.1, 0.15) is 23.0 Å². The number of benzene rings is 1. The molecule has 1 N–H and O–H groups in total. The Balaban J connectivity index is 2.02. The first-order valence-corrected chi connectivity index (χ1v) is 7.15. The molecule has 2 heterocycles. The maximum absolute atomic E-state index is 12.6. The average molecular weight is 305 g/mol. The van der Waals surface area contributed by atoms with Gasteiger partial charge in [0.25, 0.3) is 5.91 Å². The molecular weight excluding hydrogens is 290 g/mol. The van der Waals surface area contributed by atoms with Gasteiger partial charge >= 0.3 is 0 Å². The van der Waals surface area contributed by atoms with E-state index in [2.05, 4.69) is 11.4 Å². The van der Waals surface area contributed by atoms with Crippen molar-refractivity contribution >= 4 is 11.6 Å². The highest BCUT2D eigenvalue weighted by atomic mass is 16.4. The van der Waals surface area contributed by atoms with Crippen molar-refractivity contribution in [1.29, 1.82) is 5.26 Å². The number of aryl methyl sites for hydroxylation is 2. The smallest absolute Gasteiger partial charge is 0.260 e. The number of nitriles is 1. The summed E-state index contributed by atoms with van der Waals surface area (Å²) in [6.07, 6.45) is 3.53. The summed E-state index contributed by atoms with van der Waals surface area (Å²) in [5, 5.41) is 12.3. The lowest BCUT2D eigenvalue weighted by Gasteiger charge is -2.07. The molecule has 0 saturated carbocycles. The highest BCUT2D eigenvalue weighted by molar-refractivity contribution is 6.07. The molecular formula is C18H15N3O2. The van der Waals surface area contributed by atoms with Crippen LogP contribution < -0.4 is 5.32 Å². The molecule has 3 aromatic rings. The molecule has 5 nitrogen and oxygen atoms in total. The maximum atomic E-state index is 12.6. The molecule has 1 amide bonds. The Labute approximate surface area is 133 Å². The summed E-state index contributed by atoms with van der Waals surface area (Å²) >= 11 is 0. The number of carbonyl (C=O) groups excluding carboxylic acids is 1. The van der Waals surface area contributed by atoms with E-state index in [4.69, 9.17) is 4.42 Å². The van der Waals surface area contributed by atoms with Gasteiger partial charge in [-0.2, -0.15) is 5.26 Å². The average Bonchev–Trinajstić information content (AvgIpc) is 3.16. The predicted molar refractivity (Wildman–Crippen MR) is 86.6 cm³/mol. The zero-order chi connectivity index (χ0) is 16.4. The third kappa shape index (κ3) is 2.62. The van der Waals surface area contributed by atoms with Crippen LogP contribution in [0.3, 0.4) is 0 Å². The zero-order valence-electron chi connectivity index (χ0n) is 12.8. The second-order valence-corrected chi connectivity index (χ2v) is 5.18. The van der Waals surface area contributed by atoms with Gasteiger partial charge in [-0.3, -0.25) is 9.36 Å². The fraction of sp³-hybridized carbons (Fsp3) is 0.111. The van der Waals surface area contributed by atoms with Gasteiger partial charge in [0.05, 0.1) is 0 Å². The Bertz CT molecular complexity index is 899. The number of nitrogens with one attached hydrogen (secondary N) is 1. The van der Waals surface area contributed by atoms with Gasteiger partial charge in [0.15, 0.2) is 0 Å². The third-order valence-electron chi connectivity index (χ3n) is 3.64. The second kappa shape index (κ2) is 5.85. The predicted octanol–water partition coefficient (Wildman–Crippen LogP) is 3.81. The van der Waals surface area contributed by atoms with Crippen LogP contribution in [0.2, 0.25) is 0 Å². The summed E-state index contributed by atoms with van der Waals surface area (Å²) in [4.78, 5) is 12.6. The van der Waals surface area contributed by atoms with E-state index >= 15 is 0 Å². The van der Waals surface area contributed by atoms with Crippen molar-refractivity contribution < 1.29 is 9.21 Å². The van der Waals surface area contributed by atoms with Gasteiger partial charge in [-0.25, -0.2) is 0 Å². The van der Waals surface area contributed by atoms with Crippen molar-refractivity contribution in [3.63, 3.8) is 0 Å². The highest BCUT2D eigenvalue weighted by Crippen LogP contribution is 2.26. The van der Waals surface area contributed by atoms with E-state index in [0.29, 0.717) is 17.3 Å². The number of hydrogen-bond donors (Lipinski definition) is 1. The molecule has 114 valence electrons. The minimum atomic E-state index is -0.351. The topological polar surface area (TPSA) is 71.0 Å². The van der Waals surface area contributed by atoms with Gasteiger partial charge in [0, 0.05) is 18.1 Å². The molecule has 0 aliphatic carbocycles. The Kier molecular flexibility index (Phi) is 3.73. The number of amides is 1. The Morgan fingerprint density at radius 2 is 1.87 bits per heavy atom. The molecule has 1 aromatic carbocycles. The second-order valence-electron chi connectivity index (χ2n) is 5.18. The molecule has 0 spiro atoms. The van der Waals surface area contributed by atoms with Gasteiger partial charge in [0.2, 0.25) is 5.88 Å². The lowest BCUT2D eigenvalue weighted by molar-refractivity contribution is 0.102. The molecule has 0 saturated heterocycles. The van der Waals surface area contributed by atoms with Crippen LogP contribution in [0.25, 0.3) is 5.88 Å². The molecule has 0 unspecified atom stereocenters. The van der Waals surface area contributed by atoms with Crippen molar-refractivity contribution in [3.8, 4) is 12.0 Å². The number of aromatic nitrogens is 1. The molecule has 2 aromatic heterocycles. The van der Waals surface area contributed by atoms with E-state index < -0.39 is 0 Å². The fourth-order valence-corrected chi connectivity index (χ4v) is 2.46. The number of anilines is 1. The summed E-state index contributed by atoms with van der Waals surface area (Å²) in [7, 11) is 0. The zero-order valence-corrected chi connectivity index (χ0v) is 12.8. The van der Waals surface area contributed by atoms with E-state index in [1.165, 1.54) is 0 Å². The number of furan rings is 1. The normalized spacial score (nSPS) is 10.3. The quantitative estimate of drug-likeness (QED) is 0.799. The molecule has 0 aliphatic heterocycles. The number of rotatable bonds is 3. The molecule has 0 fully saturated rings. The molecule has 5 heteroatoms. The molecule has 0 radical (unpaired) electrons. The summed E-state index contributed by atoms with van der Waals surface area (Å²) in [5.74, 6) is 0.414. The van der Waals surface area contributed by atoms with Gasteiger partial charge in [-0.1, -0.05) is 18.2 Å². The van der Waals surface area contributed by atoms with E-state index in [0.717, 1.165) is 5.56 Å². The van der Waals surface area contributed by atoms with Crippen LogP contribution in [0.4, 0.5) is 5.69 Å². The van der Waals surface area contributed by atoms with Gasteiger partial charge < -0.3 is 9.73 Å². The molecule has 0 atom stereocenters. The third-order valence-corrected chi connectivity index (χ3v) is 3.64. The lowest BCUT2D eigenvalue weighted by Crippen LogP contribution is -2.14. The molecule has 3 rings (SSSR count). The van der Waals surface area contributed by atoms with Gasteiger partial charge in [-0.05, 0) is 37.6 Å². The molecule has 0 bridgehead atoms. The molecule has 23 heavy (non-hydrogen) atoms. The van der Waals surface area contributed by atoms with Crippen LogP contribution in [-0.4, -0.2) is 10.5 Å². The first-order valence-electron chi connectivity index (χ1n) is 7.15. The van der Waals surface area contributed by atoms with E-state index in [1.807, 2.05) is 43.3 Å². The van der Waals surface area contributed by atoms with E-state index in [-0.39, 0.29) is 17.0 Å². The standard InChI is InChI=1S/C18H15N3O2/c1-12-7-3-4-8-15(12)20-17(22)16-13(2)23-18(14(16)11-19)21-9-5-6-10-21/h3-10H,1-2H3,(H,20,22). The first kappa shape index (κ1) is 14.7. The summed E-state index contributed by atoms with van der Waals surface area (Å²) in [6.45, 7) is 3.59. The van der Waals surface area contributed by atoms with Crippen LogP contribution in [0.1, 0.15) is 27.2 Å². The number of carbonyl (C=O) groups is 1. The summed E-state index contributed by atoms with van der Waals surface area (Å²) in [6, 6.07) is 13.2. The largest absolute Gasteiger partial charge is 0.443 e. The first-order chi connectivity index (χ1) is 11.1. The summed E-state index contributed by atoms with van der Waals surface area (Å²) in [5.41, 5.74) is 2.15. The SMILES string of the molecule is Cc1ccccc1NC(=O)c1c(C)oc(-n2cccc2)c1C#N.